The summed E-state index contributed by atoms with van der Waals surface area (Å²) in [5.41, 5.74) is 0.663. The summed E-state index contributed by atoms with van der Waals surface area (Å²) in [7, 11) is 0. The Labute approximate surface area is 94.0 Å². The van der Waals surface area contributed by atoms with Crippen molar-refractivity contribution in [2.45, 2.75) is 6.54 Å². The number of hydrogen-bond acceptors (Lipinski definition) is 0. The third-order valence-electron chi connectivity index (χ3n) is 2.89. The lowest BCUT2D eigenvalue weighted by molar-refractivity contribution is -0.958. The Morgan fingerprint density at radius 2 is 2.07 bits per heavy atom. The van der Waals surface area contributed by atoms with Gasteiger partial charge < -0.3 is 10.2 Å². The first kappa shape index (κ1) is 10.9. The molecule has 1 aliphatic heterocycles. The molecule has 0 unspecified atom stereocenters. The zero-order chi connectivity index (χ0) is 10.7. The van der Waals surface area contributed by atoms with Crippen LogP contribution >= 0.6 is 11.6 Å². The molecule has 1 aromatic rings. The molecule has 4 heteroatoms. The molecular formula is C11H16ClFN2+2. The van der Waals surface area contributed by atoms with Crippen molar-refractivity contribution >= 4 is 11.6 Å². The molecule has 1 saturated heterocycles. The molecule has 3 N–H and O–H groups in total. The fraction of sp³-hybridized carbons (Fsp3) is 0.455. The first-order chi connectivity index (χ1) is 7.27. The number of benzene rings is 1. The van der Waals surface area contributed by atoms with Gasteiger partial charge in [-0.1, -0.05) is 17.7 Å². The maximum atomic E-state index is 13.5. The molecule has 1 fully saturated rings. The van der Waals surface area contributed by atoms with Gasteiger partial charge in [-0.25, -0.2) is 4.39 Å². The monoisotopic (exact) mass is 230 g/mol. The zero-order valence-corrected chi connectivity index (χ0v) is 9.36. The van der Waals surface area contributed by atoms with Gasteiger partial charge >= 0.3 is 0 Å². The molecule has 82 valence electrons. The Balaban J connectivity index is 2.09. The largest absolute Gasteiger partial charge is 0.337 e. The van der Waals surface area contributed by atoms with Crippen molar-refractivity contribution in [2.24, 2.45) is 0 Å². The summed E-state index contributed by atoms with van der Waals surface area (Å²) < 4.78 is 13.5. The standard InChI is InChI=1S/C11H14ClFN2/c12-10-2-1-3-11(13)9(10)8-15-6-4-14-5-7-15/h1-3,14H,4-8H2/p+2. The first-order valence-electron chi connectivity index (χ1n) is 5.35. The summed E-state index contributed by atoms with van der Waals surface area (Å²) in [6.45, 7) is 5.14. The van der Waals surface area contributed by atoms with E-state index in [0.717, 1.165) is 26.2 Å². The van der Waals surface area contributed by atoms with E-state index < -0.39 is 0 Å². The quantitative estimate of drug-likeness (QED) is 0.680. The van der Waals surface area contributed by atoms with Crippen LogP contribution < -0.4 is 10.2 Å². The van der Waals surface area contributed by atoms with Crippen molar-refractivity contribution in [1.29, 1.82) is 0 Å². The van der Waals surface area contributed by atoms with Crippen LogP contribution in [-0.2, 0) is 6.54 Å². The number of hydrogen-bond donors (Lipinski definition) is 2. The van der Waals surface area contributed by atoms with Gasteiger partial charge in [0.15, 0.2) is 0 Å². The lowest BCUT2D eigenvalue weighted by Gasteiger charge is -2.22. The van der Waals surface area contributed by atoms with Gasteiger partial charge in [0.05, 0.1) is 10.6 Å². The second-order valence-corrected chi connectivity index (χ2v) is 4.40. The van der Waals surface area contributed by atoms with Crippen LogP contribution in [0.3, 0.4) is 0 Å². The Hall–Kier alpha value is -0.640. The van der Waals surface area contributed by atoms with E-state index in [1.54, 1.807) is 12.1 Å². The van der Waals surface area contributed by atoms with Crippen LogP contribution in [-0.4, -0.2) is 26.2 Å². The van der Waals surface area contributed by atoms with Crippen LogP contribution in [0.25, 0.3) is 0 Å². The molecular weight excluding hydrogens is 215 g/mol. The summed E-state index contributed by atoms with van der Waals surface area (Å²) in [4.78, 5) is 1.42. The van der Waals surface area contributed by atoms with Gasteiger partial charge in [0.25, 0.3) is 0 Å². The lowest BCUT2D eigenvalue weighted by atomic mass is 10.2. The number of nitrogens with one attached hydrogen (secondary N) is 1. The normalized spacial score (nSPS) is 18.0. The Morgan fingerprint density at radius 3 is 2.73 bits per heavy atom. The Kier molecular flexibility index (Phi) is 3.57. The maximum Gasteiger partial charge on any atom is 0.133 e. The molecule has 0 aliphatic carbocycles. The summed E-state index contributed by atoms with van der Waals surface area (Å²) >= 11 is 5.99. The zero-order valence-electron chi connectivity index (χ0n) is 8.60. The van der Waals surface area contributed by atoms with E-state index in [0.29, 0.717) is 17.1 Å². The van der Waals surface area contributed by atoms with Crippen LogP contribution in [0.2, 0.25) is 5.02 Å². The maximum absolute atomic E-state index is 13.5. The highest BCUT2D eigenvalue weighted by molar-refractivity contribution is 6.31. The van der Waals surface area contributed by atoms with Gasteiger partial charge in [-0.05, 0) is 12.1 Å². The van der Waals surface area contributed by atoms with Crippen molar-refractivity contribution in [3.05, 3.63) is 34.6 Å². The molecule has 15 heavy (non-hydrogen) atoms. The van der Waals surface area contributed by atoms with Gasteiger partial charge in [0, 0.05) is 0 Å². The third kappa shape index (κ3) is 2.68. The molecule has 0 spiro atoms. The van der Waals surface area contributed by atoms with Crippen LogP contribution in [0.1, 0.15) is 5.56 Å². The number of rotatable bonds is 2. The van der Waals surface area contributed by atoms with Crippen molar-refractivity contribution in [3.8, 4) is 0 Å². The number of halogens is 2. The topological polar surface area (TPSA) is 21.1 Å². The highest BCUT2D eigenvalue weighted by Crippen LogP contribution is 2.17. The Morgan fingerprint density at radius 1 is 1.33 bits per heavy atom. The van der Waals surface area contributed by atoms with E-state index in [2.05, 4.69) is 5.32 Å². The second-order valence-electron chi connectivity index (χ2n) is 3.99. The van der Waals surface area contributed by atoms with Crippen molar-refractivity contribution in [3.63, 3.8) is 0 Å². The lowest BCUT2D eigenvalue weighted by Crippen LogP contribution is -3.19. The highest BCUT2D eigenvalue weighted by atomic mass is 35.5. The third-order valence-corrected chi connectivity index (χ3v) is 3.25. The number of piperazine rings is 1. The van der Waals surface area contributed by atoms with E-state index in [4.69, 9.17) is 11.6 Å². The smallest absolute Gasteiger partial charge is 0.133 e. The first-order valence-corrected chi connectivity index (χ1v) is 5.73. The van der Waals surface area contributed by atoms with E-state index in [1.807, 2.05) is 0 Å². The van der Waals surface area contributed by atoms with E-state index in [1.165, 1.54) is 11.0 Å². The molecule has 0 amide bonds. The van der Waals surface area contributed by atoms with E-state index >= 15 is 0 Å². The second kappa shape index (κ2) is 4.92. The van der Waals surface area contributed by atoms with Crippen molar-refractivity contribution in [1.82, 2.24) is 0 Å². The molecule has 1 aliphatic rings. The summed E-state index contributed by atoms with van der Waals surface area (Å²) in [5.74, 6) is -0.176. The van der Waals surface area contributed by atoms with Crippen LogP contribution in [0.4, 0.5) is 4.39 Å². The van der Waals surface area contributed by atoms with E-state index in [-0.39, 0.29) is 5.82 Å². The molecule has 0 aromatic heterocycles. The van der Waals surface area contributed by atoms with E-state index in [9.17, 15) is 4.39 Å². The van der Waals surface area contributed by atoms with Crippen molar-refractivity contribution < 1.29 is 14.6 Å². The molecule has 0 bridgehead atoms. The van der Waals surface area contributed by atoms with Crippen molar-refractivity contribution in [2.75, 3.05) is 26.2 Å². The number of nitrogens with two attached hydrogens (primary N) is 1. The van der Waals surface area contributed by atoms with Gasteiger partial charge in [-0.15, -0.1) is 0 Å². The minimum absolute atomic E-state index is 0.176. The SMILES string of the molecule is Fc1cccc(Cl)c1C[NH+]1CC[NH2+]CC1. The Bertz CT molecular complexity index is 317. The summed E-state index contributed by atoms with van der Waals surface area (Å²) in [6.07, 6.45) is 0. The predicted octanol–water partition coefficient (Wildman–Crippen LogP) is -0.559. The number of quaternary nitrogens is 2. The fourth-order valence-corrected chi connectivity index (χ4v) is 2.24. The van der Waals surface area contributed by atoms with Gasteiger partial charge in [-0.2, -0.15) is 0 Å². The molecule has 2 rings (SSSR count). The fourth-order valence-electron chi connectivity index (χ4n) is 2.01. The molecule has 1 aromatic carbocycles. The highest BCUT2D eigenvalue weighted by Gasteiger charge is 2.19. The average molecular weight is 231 g/mol. The summed E-state index contributed by atoms with van der Waals surface area (Å²) in [5, 5.41) is 2.85. The molecule has 1 heterocycles. The summed E-state index contributed by atoms with van der Waals surface area (Å²) in [6, 6.07) is 4.90. The van der Waals surface area contributed by atoms with Gasteiger partial charge in [0.2, 0.25) is 0 Å². The molecule has 0 saturated carbocycles. The van der Waals surface area contributed by atoms with Crippen LogP contribution in [0, 0.1) is 5.82 Å². The molecule has 0 radical (unpaired) electrons. The van der Waals surface area contributed by atoms with Crippen LogP contribution in [0.15, 0.2) is 18.2 Å². The minimum Gasteiger partial charge on any atom is -0.337 e. The molecule has 0 atom stereocenters. The molecule has 2 nitrogen and oxygen atoms in total. The van der Waals surface area contributed by atoms with Crippen LogP contribution in [0.5, 0.6) is 0 Å². The predicted molar refractivity (Wildman–Crippen MR) is 57.5 cm³/mol. The van der Waals surface area contributed by atoms with Gasteiger partial charge in [-0.3, -0.25) is 0 Å². The van der Waals surface area contributed by atoms with Gasteiger partial charge in [0.1, 0.15) is 38.5 Å². The average Bonchev–Trinajstić information content (AvgIpc) is 2.25. The minimum atomic E-state index is -0.176.